The van der Waals surface area contributed by atoms with E-state index in [-0.39, 0.29) is 27.8 Å². The van der Waals surface area contributed by atoms with Gasteiger partial charge in [0.2, 0.25) is 15.9 Å². The summed E-state index contributed by atoms with van der Waals surface area (Å²) in [6, 6.07) is 3.21. The quantitative estimate of drug-likeness (QED) is 0.718. The van der Waals surface area contributed by atoms with Crippen LogP contribution in [0.4, 0.5) is 4.39 Å². The van der Waals surface area contributed by atoms with Gasteiger partial charge in [-0.25, -0.2) is 17.5 Å². The van der Waals surface area contributed by atoms with Crippen LogP contribution in [-0.2, 0) is 19.6 Å². The van der Waals surface area contributed by atoms with Crippen LogP contribution < -0.4 is 4.72 Å². The van der Waals surface area contributed by atoms with E-state index in [1.807, 2.05) is 0 Å². The minimum absolute atomic E-state index is 0.0821. The monoisotopic (exact) mass is 440 g/mol. The van der Waals surface area contributed by atoms with Crippen molar-refractivity contribution in [2.24, 2.45) is 0 Å². The molecule has 0 aliphatic carbocycles. The third kappa shape index (κ3) is 3.45. The number of sulfonamides is 1. The first-order valence-electron chi connectivity index (χ1n) is 7.20. The minimum Gasteiger partial charge on any atom is -0.370 e. The van der Waals surface area contributed by atoms with Crippen molar-refractivity contribution in [3.8, 4) is 0 Å². The highest BCUT2D eigenvalue weighted by Gasteiger charge is 2.51. The van der Waals surface area contributed by atoms with Crippen LogP contribution in [-0.4, -0.2) is 56.4 Å². The molecule has 1 amide bonds. The molecule has 2 aliphatic rings. The highest BCUT2D eigenvalue weighted by atomic mass is 79.9. The van der Waals surface area contributed by atoms with Gasteiger partial charge in [0.15, 0.2) is 0 Å². The normalized spacial score (nSPS) is 22.6. The Hall–Kier alpha value is -0.740. The van der Waals surface area contributed by atoms with E-state index < -0.39 is 27.5 Å². The summed E-state index contributed by atoms with van der Waals surface area (Å²) in [5.74, 6) is -0.896. The molecule has 2 fully saturated rings. The zero-order chi connectivity index (χ0) is 17.5. The van der Waals surface area contributed by atoms with Gasteiger partial charge < -0.3 is 9.64 Å². The number of nitrogens with zero attached hydrogens (tertiary/aromatic N) is 1. The summed E-state index contributed by atoms with van der Waals surface area (Å²) < 4.78 is 46.7. The van der Waals surface area contributed by atoms with Crippen molar-refractivity contribution in [1.29, 1.82) is 0 Å². The van der Waals surface area contributed by atoms with Gasteiger partial charge in [0.25, 0.3) is 0 Å². The second-order valence-electron chi connectivity index (χ2n) is 5.98. The summed E-state index contributed by atoms with van der Waals surface area (Å²) in [5.41, 5.74) is -0.514. The fourth-order valence-electron chi connectivity index (χ4n) is 2.98. The number of rotatable bonds is 4. The number of ether oxygens (including phenoxy) is 1. The lowest BCUT2D eigenvalue weighted by molar-refractivity contribution is -0.155. The van der Waals surface area contributed by atoms with E-state index in [2.05, 4.69) is 20.7 Å². The van der Waals surface area contributed by atoms with Crippen LogP contribution in [0.2, 0.25) is 0 Å². The van der Waals surface area contributed by atoms with Gasteiger partial charge in [0, 0.05) is 6.04 Å². The lowest BCUT2D eigenvalue weighted by Crippen LogP contribution is -2.63. The van der Waals surface area contributed by atoms with Gasteiger partial charge in [-0.05, 0) is 40.5 Å². The van der Waals surface area contributed by atoms with E-state index in [1.54, 1.807) is 4.90 Å². The predicted octanol–water partition coefficient (Wildman–Crippen LogP) is 1.48. The van der Waals surface area contributed by atoms with Crippen LogP contribution in [0.3, 0.4) is 0 Å². The van der Waals surface area contributed by atoms with Gasteiger partial charge in [0.05, 0.1) is 29.1 Å². The third-order valence-corrected chi connectivity index (χ3v) is 6.55. The van der Waals surface area contributed by atoms with Gasteiger partial charge in [-0.2, -0.15) is 0 Å². The molecule has 6 nitrogen and oxygen atoms in total. The number of nitrogens with one attached hydrogen (secondary N) is 1. The van der Waals surface area contributed by atoms with Crippen LogP contribution in [0.1, 0.15) is 6.42 Å². The lowest BCUT2D eigenvalue weighted by Gasteiger charge is -2.46. The molecule has 0 aromatic heterocycles. The Morgan fingerprint density at radius 2 is 2.21 bits per heavy atom. The minimum atomic E-state index is -3.84. The summed E-state index contributed by atoms with van der Waals surface area (Å²) in [4.78, 5) is 12.9. The first-order valence-corrected chi connectivity index (χ1v) is 10.0. The number of amides is 1. The van der Waals surface area contributed by atoms with Crippen LogP contribution >= 0.6 is 27.5 Å². The number of hydrogen-bond acceptors (Lipinski definition) is 4. The molecule has 1 atom stereocenters. The molecule has 132 valence electrons. The SMILES string of the molecule is O=C(CCl)N1CC2(CC(NS(=O)(=O)c3ccc(Br)c(F)c3)CO2)C1. The molecule has 2 saturated heterocycles. The summed E-state index contributed by atoms with van der Waals surface area (Å²) in [6.07, 6.45) is 0.456. The topological polar surface area (TPSA) is 75.7 Å². The van der Waals surface area contributed by atoms with Crippen molar-refractivity contribution in [3.63, 3.8) is 0 Å². The zero-order valence-electron chi connectivity index (χ0n) is 12.5. The summed E-state index contributed by atoms with van der Waals surface area (Å²) in [7, 11) is -3.84. The Morgan fingerprint density at radius 3 is 2.83 bits per heavy atom. The summed E-state index contributed by atoms with van der Waals surface area (Å²) >= 11 is 8.49. The fourth-order valence-corrected chi connectivity index (χ4v) is 4.63. The Labute approximate surface area is 152 Å². The second kappa shape index (κ2) is 6.53. The molecule has 1 N–H and O–H groups in total. The van der Waals surface area contributed by atoms with E-state index in [0.29, 0.717) is 19.5 Å². The molecule has 24 heavy (non-hydrogen) atoms. The van der Waals surface area contributed by atoms with Crippen molar-refractivity contribution in [2.75, 3.05) is 25.6 Å². The van der Waals surface area contributed by atoms with Gasteiger partial charge >= 0.3 is 0 Å². The van der Waals surface area contributed by atoms with E-state index in [9.17, 15) is 17.6 Å². The maximum absolute atomic E-state index is 13.6. The van der Waals surface area contributed by atoms with Gasteiger partial charge in [-0.15, -0.1) is 11.6 Å². The highest BCUT2D eigenvalue weighted by molar-refractivity contribution is 9.10. The number of halogens is 3. The highest BCUT2D eigenvalue weighted by Crippen LogP contribution is 2.35. The van der Waals surface area contributed by atoms with Crippen LogP contribution in [0.5, 0.6) is 0 Å². The summed E-state index contributed by atoms with van der Waals surface area (Å²) in [6.45, 7) is 1.02. The Bertz CT molecular complexity index is 770. The van der Waals surface area contributed by atoms with Crippen molar-refractivity contribution >= 4 is 43.5 Å². The number of benzene rings is 1. The molecule has 0 bridgehead atoms. The molecule has 2 heterocycles. The van der Waals surface area contributed by atoms with E-state index in [0.717, 1.165) is 6.07 Å². The molecule has 1 spiro atoms. The molecule has 1 unspecified atom stereocenters. The molecule has 0 radical (unpaired) electrons. The average molecular weight is 442 g/mol. The molecule has 0 saturated carbocycles. The van der Waals surface area contributed by atoms with Crippen molar-refractivity contribution < 1.29 is 22.3 Å². The van der Waals surface area contributed by atoms with Gasteiger partial charge in [-0.1, -0.05) is 0 Å². The molecule has 3 rings (SSSR count). The number of likely N-dealkylation sites (tertiary alicyclic amines) is 1. The molecular formula is C14H15BrClFN2O4S. The lowest BCUT2D eigenvalue weighted by atomic mass is 9.89. The number of carbonyl (C=O) groups excluding carboxylic acids is 1. The Morgan fingerprint density at radius 1 is 1.50 bits per heavy atom. The van der Waals surface area contributed by atoms with E-state index >= 15 is 0 Å². The first-order chi connectivity index (χ1) is 11.2. The predicted molar refractivity (Wildman–Crippen MR) is 88.8 cm³/mol. The third-order valence-electron chi connectivity index (χ3n) is 4.16. The van der Waals surface area contributed by atoms with Gasteiger partial charge in [0.1, 0.15) is 17.3 Å². The van der Waals surface area contributed by atoms with Crippen molar-refractivity contribution in [3.05, 3.63) is 28.5 Å². The second-order valence-corrected chi connectivity index (χ2v) is 8.81. The number of alkyl halides is 1. The molecular weight excluding hydrogens is 427 g/mol. The maximum atomic E-state index is 13.6. The van der Waals surface area contributed by atoms with Crippen LogP contribution in [0.25, 0.3) is 0 Å². The first kappa shape index (κ1) is 18.1. The zero-order valence-corrected chi connectivity index (χ0v) is 15.6. The largest absolute Gasteiger partial charge is 0.370 e. The van der Waals surface area contributed by atoms with Crippen LogP contribution in [0, 0.1) is 5.82 Å². The van der Waals surface area contributed by atoms with Crippen molar-refractivity contribution in [2.45, 2.75) is 23.0 Å². The fraction of sp³-hybridized carbons (Fsp3) is 0.500. The van der Waals surface area contributed by atoms with E-state index in [1.165, 1.54) is 12.1 Å². The Kier molecular flexibility index (Phi) is 4.91. The smallest absolute Gasteiger partial charge is 0.241 e. The number of carbonyl (C=O) groups is 1. The van der Waals surface area contributed by atoms with Crippen molar-refractivity contribution in [1.82, 2.24) is 9.62 Å². The molecule has 1 aromatic carbocycles. The maximum Gasteiger partial charge on any atom is 0.241 e. The average Bonchev–Trinajstić information content (AvgIpc) is 2.91. The summed E-state index contributed by atoms with van der Waals surface area (Å²) in [5, 5.41) is 0. The molecule has 10 heteroatoms. The Balaban J connectivity index is 1.63. The van der Waals surface area contributed by atoms with E-state index in [4.69, 9.17) is 16.3 Å². The van der Waals surface area contributed by atoms with Crippen LogP contribution in [0.15, 0.2) is 27.6 Å². The van der Waals surface area contributed by atoms with Gasteiger partial charge in [-0.3, -0.25) is 4.79 Å². The standard InChI is InChI=1S/C14H15BrClFN2O4S/c15-11-2-1-10(3-12(11)17)24(21,22)18-9-4-14(23-6-9)7-19(8-14)13(20)5-16/h1-3,9,18H,4-8H2. The molecule has 2 aliphatic heterocycles. The number of hydrogen-bond donors (Lipinski definition) is 1. The molecule has 1 aromatic rings.